The fraction of sp³-hybridized carbons (Fsp3) is 0.500. The zero-order valence-corrected chi connectivity index (χ0v) is 20.6. The molecular formula is C22H33N9O6. The number of aromatic amines is 2. The maximum Gasteiger partial charge on any atom is 0.326 e. The fourth-order valence-electron chi connectivity index (χ4n) is 3.48. The Morgan fingerprint density at radius 1 is 0.865 bits per heavy atom. The van der Waals surface area contributed by atoms with Crippen molar-refractivity contribution in [2.75, 3.05) is 0 Å². The zero-order chi connectivity index (χ0) is 27.5. The number of amides is 4. The molecule has 0 aliphatic heterocycles. The number of H-pyrrole nitrogens is 2. The molecule has 2 aromatic heterocycles. The van der Waals surface area contributed by atoms with Crippen molar-refractivity contribution in [3.8, 4) is 0 Å². The van der Waals surface area contributed by atoms with Crippen LogP contribution in [-0.2, 0) is 36.8 Å². The lowest BCUT2D eigenvalue weighted by Gasteiger charge is -2.25. The molecule has 4 amide bonds. The van der Waals surface area contributed by atoms with E-state index >= 15 is 0 Å². The second kappa shape index (κ2) is 13.7. The molecule has 10 N–H and O–H groups in total. The van der Waals surface area contributed by atoms with Gasteiger partial charge >= 0.3 is 5.97 Å². The van der Waals surface area contributed by atoms with Crippen LogP contribution in [0.4, 0.5) is 0 Å². The molecule has 15 nitrogen and oxygen atoms in total. The molecule has 0 fully saturated rings. The lowest BCUT2D eigenvalue weighted by molar-refractivity contribution is -0.143. The average Bonchev–Trinajstić information content (AvgIpc) is 3.51. The van der Waals surface area contributed by atoms with E-state index in [0.717, 1.165) is 0 Å². The largest absolute Gasteiger partial charge is 0.480 e. The van der Waals surface area contributed by atoms with Crippen molar-refractivity contribution in [2.24, 2.45) is 17.4 Å². The molecule has 0 aliphatic carbocycles. The van der Waals surface area contributed by atoms with Crippen molar-refractivity contribution in [1.29, 1.82) is 0 Å². The number of rotatable bonds is 15. The maximum absolute atomic E-state index is 13.2. The summed E-state index contributed by atoms with van der Waals surface area (Å²) in [5.74, 6) is -4.49. The van der Waals surface area contributed by atoms with Crippen molar-refractivity contribution in [1.82, 2.24) is 35.9 Å². The van der Waals surface area contributed by atoms with Gasteiger partial charge in [-0.3, -0.25) is 19.2 Å². The van der Waals surface area contributed by atoms with Crippen LogP contribution in [0.3, 0.4) is 0 Å². The van der Waals surface area contributed by atoms with E-state index in [4.69, 9.17) is 11.5 Å². The first-order chi connectivity index (χ1) is 17.5. The number of carbonyl (C=O) groups is 5. The first kappa shape index (κ1) is 29.0. The molecule has 0 aliphatic rings. The summed E-state index contributed by atoms with van der Waals surface area (Å²) < 4.78 is 0. The Hall–Kier alpha value is -4.27. The van der Waals surface area contributed by atoms with Crippen LogP contribution < -0.4 is 27.4 Å². The van der Waals surface area contributed by atoms with E-state index in [-0.39, 0.29) is 25.2 Å². The number of aromatic nitrogens is 4. The van der Waals surface area contributed by atoms with Crippen molar-refractivity contribution < 1.29 is 29.1 Å². The molecule has 0 saturated carbocycles. The van der Waals surface area contributed by atoms with Gasteiger partial charge in [0.2, 0.25) is 23.6 Å². The van der Waals surface area contributed by atoms with Crippen LogP contribution in [0.2, 0.25) is 0 Å². The minimum atomic E-state index is -1.59. The van der Waals surface area contributed by atoms with Gasteiger partial charge in [0.1, 0.15) is 18.1 Å². The molecule has 4 unspecified atom stereocenters. The minimum Gasteiger partial charge on any atom is -0.480 e. The monoisotopic (exact) mass is 519 g/mol. The lowest BCUT2D eigenvalue weighted by atomic mass is 10.0. The molecule has 0 bridgehead atoms. The van der Waals surface area contributed by atoms with Crippen molar-refractivity contribution in [2.45, 2.75) is 63.7 Å². The Kier molecular flexibility index (Phi) is 10.7. The number of carboxylic acids is 1. The van der Waals surface area contributed by atoms with Gasteiger partial charge in [-0.1, -0.05) is 13.8 Å². The molecule has 37 heavy (non-hydrogen) atoms. The highest BCUT2D eigenvalue weighted by Crippen LogP contribution is 2.08. The molecule has 2 rings (SSSR count). The summed E-state index contributed by atoms with van der Waals surface area (Å²) >= 11 is 0. The predicted molar refractivity (Wildman–Crippen MR) is 129 cm³/mol. The molecule has 0 spiro atoms. The van der Waals surface area contributed by atoms with Gasteiger partial charge in [0.25, 0.3) is 0 Å². The molecule has 202 valence electrons. The first-order valence-electron chi connectivity index (χ1n) is 11.6. The molecular weight excluding hydrogens is 486 g/mol. The summed E-state index contributed by atoms with van der Waals surface area (Å²) in [6.45, 7) is 3.71. The minimum absolute atomic E-state index is 0.00766. The van der Waals surface area contributed by atoms with Gasteiger partial charge < -0.3 is 42.5 Å². The molecule has 0 saturated heterocycles. The number of imidazole rings is 2. The standard InChI is InChI=1S/C22H33N9O6/c1-11(2)3-15(29-19(33)14(23)4-12-7-25-9-27-12)20(34)30-16(5-13-8-26-10-28-13)21(35)31-17(22(36)37)6-18(24)32/h7-11,14-17H,3-6,23H2,1-2H3,(H2,24,32)(H,25,27)(H,26,28)(H,29,33)(H,30,34)(H,31,35)(H,36,37). The van der Waals surface area contributed by atoms with Crippen LogP contribution in [0, 0.1) is 5.92 Å². The summed E-state index contributed by atoms with van der Waals surface area (Å²) in [4.78, 5) is 75.0. The Morgan fingerprint density at radius 2 is 1.38 bits per heavy atom. The number of carboxylic acid groups (broad SMARTS) is 1. The molecule has 4 atom stereocenters. The van der Waals surface area contributed by atoms with Gasteiger partial charge in [0.05, 0.1) is 25.1 Å². The second-order valence-electron chi connectivity index (χ2n) is 8.99. The smallest absolute Gasteiger partial charge is 0.326 e. The SMILES string of the molecule is CC(C)CC(NC(=O)C(N)Cc1cnc[nH]1)C(=O)NC(Cc1cnc[nH]1)C(=O)NC(CC(N)=O)C(=O)O. The Labute approximate surface area is 212 Å². The number of hydrogen-bond donors (Lipinski definition) is 8. The molecule has 0 radical (unpaired) electrons. The number of nitrogens with two attached hydrogens (primary N) is 2. The third-order valence-corrected chi connectivity index (χ3v) is 5.30. The van der Waals surface area contributed by atoms with Crippen molar-refractivity contribution >= 4 is 29.6 Å². The van der Waals surface area contributed by atoms with Crippen LogP contribution in [0.15, 0.2) is 25.0 Å². The lowest BCUT2D eigenvalue weighted by Crippen LogP contribution is -2.58. The third-order valence-electron chi connectivity index (χ3n) is 5.30. The van der Waals surface area contributed by atoms with Gasteiger partial charge in [-0.25, -0.2) is 14.8 Å². The van der Waals surface area contributed by atoms with E-state index in [1.165, 1.54) is 25.0 Å². The van der Waals surface area contributed by atoms with Crippen LogP contribution >= 0.6 is 0 Å². The number of aliphatic carboxylic acids is 1. The van der Waals surface area contributed by atoms with Crippen LogP contribution in [0.25, 0.3) is 0 Å². The predicted octanol–water partition coefficient (Wildman–Crippen LogP) is -2.29. The Balaban J connectivity index is 2.16. The van der Waals surface area contributed by atoms with E-state index in [0.29, 0.717) is 11.4 Å². The highest BCUT2D eigenvalue weighted by molar-refractivity contribution is 5.95. The molecule has 2 heterocycles. The third kappa shape index (κ3) is 9.71. The highest BCUT2D eigenvalue weighted by atomic mass is 16.4. The summed E-state index contributed by atoms with van der Waals surface area (Å²) in [6.07, 6.45) is 5.52. The summed E-state index contributed by atoms with van der Waals surface area (Å²) in [5.41, 5.74) is 12.2. The number of carbonyl (C=O) groups excluding carboxylic acids is 4. The van der Waals surface area contributed by atoms with E-state index in [2.05, 4.69) is 35.9 Å². The second-order valence-corrected chi connectivity index (χ2v) is 8.99. The normalized spacial score (nSPS) is 14.3. The van der Waals surface area contributed by atoms with Gasteiger partial charge in [-0.05, 0) is 12.3 Å². The van der Waals surface area contributed by atoms with Crippen LogP contribution in [0.5, 0.6) is 0 Å². The van der Waals surface area contributed by atoms with Crippen molar-refractivity contribution in [3.05, 3.63) is 36.4 Å². The maximum atomic E-state index is 13.2. The summed E-state index contributed by atoms with van der Waals surface area (Å²) in [6, 6.07) is -4.83. The fourth-order valence-corrected chi connectivity index (χ4v) is 3.48. The summed E-state index contributed by atoms with van der Waals surface area (Å²) in [5, 5.41) is 16.8. The first-order valence-corrected chi connectivity index (χ1v) is 11.6. The van der Waals surface area contributed by atoms with E-state index in [1.54, 1.807) is 0 Å². The number of primary amides is 1. The average molecular weight is 520 g/mol. The van der Waals surface area contributed by atoms with Crippen LogP contribution in [0.1, 0.15) is 38.1 Å². The Morgan fingerprint density at radius 3 is 1.86 bits per heavy atom. The summed E-state index contributed by atoms with van der Waals surface area (Å²) in [7, 11) is 0. The molecule has 2 aromatic rings. The van der Waals surface area contributed by atoms with Gasteiger partial charge in [0.15, 0.2) is 0 Å². The van der Waals surface area contributed by atoms with Gasteiger partial charge in [-0.2, -0.15) is 0 Å². The number of nitrogens with one attached hydrogen (secondary N) is 5. The van der Waals surface area contributed by atoms with Crippen molar-refractivity contribution in [3.63, 3.8) is 0 Å². The van der Waals surface area contributed by atoms with E-state index in [9.17, 15) is 29.1 Å². The van der Waals surface area contributed by atoms with Crippen LogP contribution in [-0.4, -0.2) is 78.8 Å². The quantitative estimate of drug-likeness (QED) is 0.126. The molecule has 0 aromatic carbocycles. The number of hydrogen-bond acceptors (Lipinski definition) is 8. The van der Waals surface area contributed by atoms with Gasteiger partial charge in [-0.15, -0.1) is 0 Å². The topological polar surface area (TPSA) is 251 Å². The van der Waals surface area contributed by atoms with E-state index < -0.39 is 60.2 Å². The Bertz CT molecular complexity index is 1050. The number of nitrogens with zero attached hydrogens (tertiary/aromatic N) is 2. The van der Waals surface area contributed by atoms with E-state index in [1.807, 2.05) is 13.8 Å². The van der Waals surface area contributed by atoms with Gasteiger partial charge in [0, 0.05) is 36.6 Å². The molecule has 15 heteroatoms. The highest BCUT2D eigenvalue weighted by Gasteiger charge is 2.31. The zero-order valence-electron chi connectivity index (χ0n) is 20.6.